The normalized spacial score (nSPS) is 10.7. The molecule has 0 unspecified atom stereocenters. The van der Waals surface area contributed by atoms with Gasteiger partial charge in [-0.25, -0.2) is 15.3 Å². The fourth-order valence-electron chi connectivity index (χ4n) is 1.78. The van der Waals surface area contributed by atoms with Crippen molar-refractivity contribution in [1.82, 2.24) is 20.6 Å². The quantitative estimate of drug-likeness (QED) is 0.360. The van der Waals surface area contributed by atoms with E-state index in [0.29, 0.717) is 6.61 Å². The number of benzene rings is 1. The van der Waals surface area contributed by atoms with Crippen molar-refractivity contribution in [3.05, 3.63) is 49.1 Å². The average molecular weight is 425 g/mol. The summed E-state index contributed by atoms with van der Waals surface area (Å²) in [7, 11) is 0. The second kappa shape index (κ2) is 9.51. The zero-order chi connectivity index (χ0) is 18.9. The van der Waals surface area contributed by atoms with Crippen LogP contribution in [-0.2, 0) is 4.79 Å². The van der Waals surface area contributed by atoms with Gasteiger partial charge in [-0.15, -0.1) is 5.10 Å². The third-order valence-corrected chi connectivity index (χ3v) is 3.57. The number of amides is 1. The van der Waals surface area contributed by atoms with Crippen molar-refractivity contribution in [2.45, 2.75) is 13.3 Å². The summed E-state index contributed by atoms with van der Waals surface area (Å²) < 4.78 is 6.33. The first-order valence-corrected chi connectivity index (χ1v) is 8.46. The molecule has 0 saturated carbocycles. The van der Waals surface area contributed by atoms with Gasteiger partial charge in [-0.3, -0.25) is 14.6 Å². The van der Waals surface area contributed by atoms with Gasteiger partial charge < -0.3 is 10.1 Å². The highest BCUT2D eigenvalue weighted by atomic mass is 79.9. The van der Waals surface area contributed by atoms with Crippen LogP contribution in [-0.4, -0.2) is 40.5 Å². The molecule has 138 valence electrons. The molecule has 0 aliphatic rings. The van der Waals surface area contributed by atoms with E-state index in [2.05, 4.69) is 42.0 Å². The Labute approximate surface area is 156 Å². The molecule has 2 rings (SSSR count). The number of nitrogens with zero attached hydrogens (tertiary/aromatic N) is 2. The van der Waals surface area contributed by atoms with Crippen molar-refractivity contribution in [1.29, 1.82) is 0 Å². The molecule has 2 aromatic rings. The molecule has 0 aliphatic carbocycles. The summed E-state index contributed by atoms with van der Waals surface area (Å²) in [6, 6.07) is 5.41. The molecule has 0 radical (unpaired) electrons. The van der Waals surface area contributed by atoms with Crippen LogP contribution in [0.3, 0.4) is 0 Å². The SMILES string of the molecule is CCCOc1ccc(/C=N/NC(=O)CNc2n[nH]c(=O)[nH]c2=O)cc1Br. The highest BCUT2D eigenvalue weighted by molar-refractivity contribution is 9.10. The molecule has 0 fully saturated rings. The topological polar surface area (TPSA) is 141 Å². The van der Waals surface area contributed by atoms with Crippen molar-refractivity contribution in [3.8, 4) is 5.75 Å². The fraction of sp³-hybridized carbons (Fsp3) is 0.267. The Bertz CT molecular complexity index is 907. The predicted octanol–water partition coefficient (Wildman–Crippen LogP) is 0.572. The molecule has 0 aliphatic heterocycles. The fourth-order valence-corrected chi connectivity index (χ4v) is 2.29. The van der Waals surface area contributed by atoms with Gasteiger partial charge in [-0.2, -0.15) is 5.10 Å². The Morgan fingerprint density at radius 3 is 2.92 bits per heavy atom. The molecular formula is C15H17BrN6O4. The molecule has 0 spiro atoms. The number of ether oxygens (including phenoxy) is 1. The minimum Gasteiger partial charge on any atom is -0.492 e. The number of aromatic amines is 2. The van der Waals surface area contributed by atoms with E-state index in [1.54, 1.807) is 12.1 Å². The Morgan fingerprint density at radius 2 is 2.23 bits per heavy atom. The summed E-state index contributed by atoms with van der Waals surface area (Å²) in [5.41, 5.74) is 1.62. The summed E-state index contributed by atoms with van der Waals surface area (Å²) in [4.78, 5) is 35.9. The summed E-state index contributed by atoms with van der Waals surface area (Å²) in [5, 5.41) is 11.9. The van der Waals surface area contributed by atoms with Gasteiger partial charge in [0, 0.05) is 0 Å². The maximum atomic E-state index is 11.7. The van der Waals surface area contributed by atoms with Gasteiger partial charge in [0.05, 0.1) is 23.8 Å². The van der Waals surface area contributed by atoms with E-state index in [1.165, 1.54) is 6.21 Å². The lowest BCUT2D eigenvalue weighted by molar-refractivity contribution is -0.119. The molecule has 26 heavy (non-hydrogen) atoms. The van der Waals surface area contributed by atoms with Gasteiger partial charge in [0.1, 0.15) is 5.75 Å². The first-order chi connectivity index (χ1) is 12.5. The van der Waals surface area contributed by atoms with Crippen LogP contribution in [0.25, 0.3) is 0 Å². The first-order valence-electron chi connectivity index (χ1n) is 7.66. The van der Waals surface area contributed by atoms with Gasteiger partial charge in [0.25, 0.3) is 11.5 Å². The molecule has 1 heterocycles. The molecule has 1 aromatic carbocycles. The monoisotopic (exact) mass is 424 g/mol. The second-order valence-electron chi connectivity index (χ2n) is 5.04. The minimum atomic E-state index is -0.730. The van der Waals surface area contributed by atoms with Gasteiger partial charge in [-0.1, -0.05) is 6.92 Å². The van der Waals surface area contributed by atoms with Crippen molar-refractivity contribution >= 4 is 33.9 Å². The average Bonchev–Trinajstić information content (AvgIpc) is 2.60. The predicted molar refractivity (Wildman–Crippen MR) is 99.6 cm³/mol. The molecule has 11 heteroatoms. The summed E-state index contributed by atoms with van der Waals surface area (Å²) in [5.74, 6) is 0.0711. The van der Waals surface area contributed by atoms with Crippen LogP contribution in [0, 0.1) is 0 Å². The smallest absolute Gasteiger partial charge is 0.342 e. The van der Waals surface area contributed by atoms with E-state index < -0.39 is 17.2 Å². The third kappa shape index (κ3) is 5.84. The maximum absolute atomic E-state index is 11.7. The lowest BCUT2D eigenvalue weighted by Crippen LogP contribution is -2.31. The molecule has 10 nitrogen and oxygen atoms in total. The molecule has 1 amide bonds. The van der Waals surface area contributed by atoms with Gasteiger partial charge in [0.2, 0.25) is 5.82 Å². The zero-order valence-electron chi connectivity index (χ0n) is 13.8. The van der Waals surface area contributed by atoms with E-state index in [1.807, 2.05) is 18.0 Å². The summed E-state index contributed by atoms with van der Waals surface area (Å²) >= 11 is 3.41. The van der Waals surface area contributed by atoms with Crippen molar-refractivity contribution < 1.29 is 9.53 Å². The Hall–Kier alpha value is -2.95. The van der Waals surface area contributed by atoms with Gasteiger partial charge in [0.15, 0.2) is 0 Å². The standard InChI is InChI=1S/C15H17BrN6O4/c1-2-5-26-11-4-3-9(6-10(11)16)7-18-20-12(23)8-17-13-14(24)19-15(25)22-21-13/h3-4,6-7H,2,5,8H2,1H3,(H,17,21)(H,20,23)(H2,19,22,24,25)/b18-7+. The number of carbonyl (C=O) groups excluding carboxylic acids is 1. The lowest BCUT2D eigenvalue weighted by atomic mass is 10.2. The zero-order valence-corrected chi connectivity index (χ0v) is 15.4. The van der Waals surface area contributed by atoms with E-state index in [0.717, 1.165) is 22.2 Å². The largest absolute Gasteiger partial charge is 0.492 e. The number of hydrazone groups is 1. The summed E-state index contributed by atoms with van der Waals surface area (Å²) in [6.45, 7) is 2.41. The number of hydrogen-bond acceptors (Lipinski definition) is 7. The van der Waals surface area contributed by atoms with E-state index >= 15 is 0 Å². The number of carbonyl (C=O) groups is 1. The third-order valence-electron chi connectivity index (χ3n) is 2.95. The summed E-state index contributed by atoms with van der Waals surface area (Å²) in [6.07, 6.45) is 2.38. The molecule has 0 saturated heterocycles. The van der Waals surface area contributed by atoms with Crippen molar-refractivity contribution in [2.75, 3.05) is 18.5 Å². The Morgan fingerprint density at radius 1 is 1.42 bits per heavy atom. The highest BCUT2D eigenvalue weighted by Crippen LogP contribution is 2.25. The van der Waals surface area contributed by atoms with Gasteiger partial charge >= 0.3 is 5.69 Å². The van der Waals surface area contributed by atoms with Crippen LogP contribution in [0.2, 0.25) is 0 Å². The molecule has 0 atom stereocenters. The maximum Gasteiger partial charge on any atom is 0.342 e. The number of H-pyrrole nitrogens is 2. The lowest BCUT2D eigenvalue weighted by Gasteiger charge is -2.07. The number of hydrogen-bond donors (Lipinski definition) is 4. The number of halogens is 1. The molecular weight excluding hydrogens is 408 g/mol. The molecule has 0 bridgehead atoms. The van der Waals surface area contributed by atoms with Crippen LogP contribution < -0.4 is 26.7 Å². The van der Waals surface area contributed by atoms with E-state index in [-0.39, 0.29) is 12.4 Å². The Balaban J connectivity index is 1.85. The van der Waals surface area contributed by atoms with Crippen LogP contribution in [0.15, 0.2) is 37.4 Å². The van der Waals surface area contributed by atoms with Crippen molar-refractivity contribution in [3.63, 3.8) is 0 Å². The highest BCUT2D eigenvalue weighted by Gasteiger charge is 2.05. The number of aromatic nitrogens is 3. The van der Waals surface area contributed by atoms with E-state index in [9.17, 15) is 14.4 Å². The molecule has 4 N–H and O–H groups in total. The number of rotatable bonds is 8. The second-order valence-corrected chi connectivity index (χ2v) is 5.89. The van der Waals surface area contributed by atoms with Crippen molar-refractivity contribution in [2.24, 2.45) is 5.10 Å². The van der Waals surface area contributed by atoms with Crippen LogP contribution in [0.5, 0.6) is 5.75 Å². The van der Waals surface area contributed by atoms with Crippen LogP contribution >= 0.6 is 15.9 Å². The van der Waals surface area contributed by atoms with Crippen LogP contribution in [0.1, 0.15) is 18.9 Å². The first kappa shape index (κ1) is 19.4. The van der Waals surface area contributed by atoms with Crippen LogP contribution in [0.4, 0.5) is 5.82 Å². The molecule has 1 aromatic heterocycles. The Kier molecular flexibility index (Phi) is 7.09. The number of nitrogens with one attached hydrogen (secondary N) is 4. The number of anilines is 1. The van der Waals surface area contributed by atoms with E-state index in [4.69, 9.17) is 4.74 Å². The minimum absolute atomic E-state index is 0.171. The van der Waals surface area contributed by atoms with Gasteiger partial charge in [-0.05, 0) is 46.1 Å².